The van der Waals surface area contributed by atoms with Gasteiger partial charge in [0.15, 0.2) is 5.84 Å². The number of hydrogen-bond acceptors (Lipinski definition) is 8. The summed E-state index contributed by atoms with van der Waals surface area (Å²) in [6.07, 6.45) is 2.66. The van der Waals surface area contributed by atoms with Gasteiger partial charge in [0.05, 0.1) is 31.2 Å². The summed E-state index contributed by atoms with van der Waals surface area (Å²) in [5, 5.41) is 7.25. The van der Waals surface area contributed by atoms with Crippen LogP contribution in [0.3, 0.4) is 0 Å². The highest BCUT2D eigenvalue weighted by Gasteiger charge is 2.69. The van der Waals surface area contributed by atoms with Gasteiger partial charge in [0.2, 0.25) is 5.66 Å². The molecule has 8 heteroatoms. The van der Waals surface area contributed by atoms with Gasteiger partial charge in [-0.2, -0.15) is 5.10 Å². The van der Waals surface area contributed by atoms with E-state index in [0.29, 0.717) is 29.2 Å². The van der Waals surface area contributed by atoms with Gasteiger partial charge in [0.1, 0.15) is 5.92 Å². The smallest absolute Gasteiger partial charge is 0.335 e. The van der Waals surface area contributed by atoms with Gasteiger partial charge < -0.3 is 14.4 Å². The number of methoxy groups -OCH3 is 2. The molecule has 0 amide bonds. The minimum absolute atomic E-state index is 0.327. The number of esters is 2. The fourth-order valence-corrected chi connectivity index (χ4v) is 6.68. The number of benzene rings is 4. The van der Waals surface area contributed by atoms with Crippen molar-refractivity contribution in [3.63, 3.8) is 0 Å². The van der Waals surface area contributed by atoms with Crippen molar-refractivity contribution >= 4 is 34.8 Å². The number of nitrogens with zero attached hydrogens (tertiary/aromatic N) is 4. The lowest BCUT2D eigenvalue weighted by Crippen LogP contribution is -2.63. The molecule has 1 spiro atoms. The fraction of sp³-hybridized carbons (Fsp3) is 0.205. The monoisotopic (exact) mass is 626 g/mol. The second kappa shape index (κ2) is 13.0. The van der Waals surface area contributed by atoms with E-state index in [0.717, 1.165) is 28.2 Å². The summed E-state index contributed by atoms with van der Waals surface area (Å²) in [5.74, 6) is -1.37. The third-order valence-corrected chi connectivity index (χ3v) is 8.64. The number of aryl methyl sites for hydroxylation is 1. The quantitative estimate of drug-likeness (QED) is 0.156. The highest BCUT2D eigenvalue weighted by atomic mass is 16.5. The molecule has 0 bridgehead atoms. The topological polar surface area (TPSA) is 74.7 Å². The van der Waals surface area contributed by atoms with Crippen LogP contribution in [0.2, 0.25) is 0 Å². The molecule has 47 heavy (non-hydrogen) atoms. The van der Waals surface area contributed by atoms with Crippen LogP contribution in [0.25, 0.3) is 0 Å². The standard InChI is InChI=1S/C39H38N4O4/c1-6-16-33-34(38(45)47-5)39(35(28(3)37(44)46-4)41(33)30-25-23-27(2)24-26-30)42(31-19-12-8-13-20-31)36(29-17-10-7-11-18-29)40-43(39)32-21-14-9-15-22-32/h7-26,34H,6H2,1-5H3/b33-16+,35-28+/t34-,39-/m0/s1. The Morgan fingerprint density at radius 2 is 1.36 bits per heavy atom. The SMILES string of the molecule is CC/C=C1\[C@@H](C(=O)OC)[C@@]2(/C(=C(/C)C(=O)OC)N1c1ccc(C)cc1)N(c1ccccc1)N=C(c1ccccc1)N2c1ccccc1. The van der Waals surface area contributed by atoms with Crippen molar-refractivity contribution in [1.82, 2.24) is 0 Å². The zero-order chi connectivity index (χ0) is 33.1. The van der Waals surface area contributed by atoms with Gasteiger partial charge in [-0.3, -0.25) is 9.69 Å². The fourth-order valence-electron chi connectivity index (χ4n) is 6.68. The zero-order valence-corrected chi connectivity index (χ0v) is 27.3. The van der Waals surface area contributed by atoms with Gasteiger partial charge in [-0.1, -0.05) is 97.4 Å². The van der Waals surface area contributed by atoms with Crippen molar-refractivity contribution in [3.05, 3.63) is 149 Å². The Bertz CT molecular complexity index is 1850. The number of carbonyl (C=O) groups excluding carboxylic acids is 2. The second-order valence-electron chi connectivity index (χ2n) is 11.5. The lowest BCUT2D eigenvalue weighted by Gasteiger charge is -2.45. The van der Waals surface area contributed by atoms with E-state index in [1.54, 1.807) is 6.92 Å². The number of hydrazone groups is 1. The molecular weight excluding hydrogens is 588 g/mol. The summed E-state index contributed by atoms with van der Waals surface area (Å²) >= 11 is 0. The maximum Gasteiger partial charge on any atom is 0.335 e. The summed E-state index contributed by atoms with van der Waals surface area (Å²) in [6.45, 7) is 5.80. The lowest BCUT2D eigenvalue weighted by atomic mass is 9.85. The van der Waals surface area contributed by atoms with E-state index in [4.69, 9.17) is 14.6 Å². The number of ether oxygens (including phenoxy) is 2. The number of allylic oxidation sites excluding steroid dienone is 1. The molecular formula is C39H38N4O4. The van der Waals surface area contributed by atoms with Crippen LogP contribution in [-0.2, 0) is 19.1 Å². The number of amidine groups is 1. The number of anilines is 3. The van der Waals surface area contributed by atoms with Gasteiger partial charge in [0, 0.05) is 22.6 Å². The molecule has 2 atom stereocenters. The van der Waals surface area contributed by atoms with Crippen molar-refractivity contribution in [2.45, 2.75) is 32.9 Å². The van der Waals surface area contributed by atoms with E-state index in [1.165, 1.54) is 14.2 Å². The average Bonchev–Trinajstić information content (AvgIpc) is 3.61. The molecule has 0 saturated carbocycles. The van der Waals surface area contributed by atoms with Crippen LogP contribution in [-0.4, -0.2) is 37.7 Å². The summed E-state index contributed by atoms with van der Waals surface area (Å²) in [4.78, 5) is 32.5. The molecule has 0 radical (unpaired) electrons. The Morgan fingerprint density at radius 3 is 1.91 bits per heavy atom. The van der Waals surface area contributed by atoms with Crippen LogP contribution in [0.4, 0.5) is 17.1 Å². The van der Waals surface area contributed by atoms with Gasteiger partial charge in [-0.05, 0) is 56.7 Å². The Balaban J connectivity index is 1.84. The normalized spacial score (nSPS) is 20.9. The van der Waals surface area contributed by atoms with Crippen molar-refractivity contribution in [3.8, 4) is 0 Å². The third kappa shape index (κ3) is 5.16. The molecule has 4 aromatic carbocycles. The van der Waals surface area contributed by atoms with Gasteiger partial charge in [0.25, 0.3) is 0 Å². The molecule has 1 fully saturated rings. The predicted octanol–water partition coefficient (Wildman–Crippen LogP) is 7.43. The Kier molecular flexibility index (Phi) is 8.68. The Labute approximate surface area is 275 Å². The van der Waals surface area contributed by atoms with Gasteiger partial charge >= 0.3 is 11.9 Å². The summed E-state index contributed by atoms with van der Waals surface area (Å²) < 4.78 is 11.1. The molecule has 1 saturated heterocycles. The van der Waals surface area contributed by atoms with Crippen LogP contribution in [0, 0.1) is 12.8 Å². The predicted molar refractivity (Wildman–Crippen MR) is 186 cm³/mol. The summed E-state index contributed by atoms with van der Waals surface area (Å²) in [7, 11) is 2.77. The van der Waals surface area contributed by atoms with Crippen molar-refractivity contribution in [2.24, 2.45) is 11.0 Å². The van der Waals surface area contributed by atoms with Crippen LogP contribution in [0.5, 0.6) is 0 Å². The van der Waals surface area contributed by atoms with Crippen LogP contribution in [0.15, 0.2) is 143 Å². The van der Waals surface area contributed by atoms with Gasteiger partial charge in [-0.25, -0.2) is 9.80 Å². The molecule has 0 unspecified atom stereocenters. The van der Waals surface area contributed by atoms with E-state index in [9.17, 15) is 9.59 Å². The van der Waals surface area contributed by atoms with Gasteiger partial charge in [-0.15, -0.1) is 0 Å². The maximum atomic E-state index is 14.6. The van der Waals surface area contributed by atoms with Crippen molar-refractivity contribution < 1.29 is 19.1 Å². The summed E-state index contributed by atoms with van der Waals surface area (Å²) in [5.41, 5.74) is 4.27. The molecule has 238 valence electrons. The molecule has 0 aliphatic carbocycles. The maximum absolute atomic E-state index is 14.6. The first-order valence-electron chi connectivity index (χ1n) is 15.7. The van der Waals surface area contributed by atoms with Crippen LogP contribution < -0.4 is 14.8 Å². The molecule has 8 nitrogen and oxygen atoms in total. The van der Waals surface area contributed by atoms with E-state index in [-0.39, 0.29) is 0 Å². The Hall–Kier alpha value is -5.63. The van der Waals surface area contributed by atoms with Crippen LogP contribution >= 0.6 is 0 Å². The molecule has 0 N–H and O–H groups in total. The van der Waals surface area contributed by atoms with E-state index in [2.05, 4.69) is 4.90 Å². The number of hydrogen-bond donors (Lipinski definition) is 0. The first kappa shape index (κ1) is 31.4. The first-order valence-corrected chi connectivity index (χ1v) is 15.7. The molecule has 0 aromatic heterocycles. The summed E-state index contributed by atoms with van der Waals surface area (Å²) in [6, 6.07) is 37.5. The Morgan fingerprint density at radius 1 is 0.787 bits per heavy atom. The molecule has 2 aliphatic rings. The average molecular weight is 627 g/mol. The highest BCUT2D eigenvalue weighted by Crippen LogP contribution is 2.58. The number of rotatable bonds is 7. The third-order valence-electron chi connectivity index (χ3n) is 8.64. The largest absolute Gasteiger partial charge is 0.468 e. The van der Waals surface area contributed by atoms with E-state index in [1.807, 2.05) is 145 Å². The molecule has 6 rings (SSSR count). The second-order valence-corrected chi connectivity index (χ2v) is 11.5. The number of carbonyl (C=O) groups is 2. The number of para-hydroxylation sites is 2. The molecule has 2 heterocycles. The highest BCUT2D eigenvalue weighted by molar-refractivity contribution is 6.16. The first-order chi connectivity index (χ1) is 22.9. The minimum atomic E-state index is -1.47. The van der Waals surface area contributed by atoms with Crippen molar-refractivity contribution in [1.29, 1.82) is 0 Å². The van der Waals surface area contributed by atoms with Crippen molar-refractivity contribution in [2.75, 3.05) is 29.0 Å². The van der Waals surface area contributed by atoms with E-state index >= 15 is 0 Å². The lowest BCUT2D eigenvalue weighted by molar-refractivity contribution is -0.145. The molecule has 4 aromatic rings. The van der Waals surface area contributed by atoms with E-state index < -0.39 is 23.5 Å². The minimum Gasteiger partial charge on any atom is -0.468 e. The van der Waals surface area contributed by atoms with Crippen LogP contribution in [0.1, 0.15) is 31.4 Å². The molecule has 2 aliphatic heterocycles. The zero-order valence-electron chi connectivity index (χ0n) is 27.3.